The molecular weight excluding hydrogens is 326 g/mol. The minimum absolute atomic E-state index is 0.185. The lowest BCUT2D eigenvalue weighted by atomic mass is 10.1. The van der Waals surface area contributed by atoms with Crippen LogP contribution in [0.2, 0.25) is 0 Å². The number of carbonyl (C=O) groups is 4. The van der Waals surface area contributed by atoms with Crippen molar-refractivity contribution in [3.05, 3.63) is 24.3 Å². The number of allylic oxidation sites excluding steroid dienone is 4. The zero-order valence-corrected chi connectivity index (χ0v) is 14.7. The molecule has 0 radical (unpaired) electrons. The van der Waals surface area contributed by atoms with Crippen LogP contribution < -0.4 is 0 Å². The lowest BCUT2D eigenvalue weighted by Gasteiger charge is -2.11. The molecule has 0 aliphatic heterocycles. The summed E-state index contributed by atoms with van der Waals surface area (Å²) in [7, 11) is 2.91. The van der Waals surface area contributed by atoms with Crippen LogP contribution in [0.25, 0.3) is 0 Å². The van der Waals surface area contributed by atoms with Gasteiger partial charge in [-0.05, 0) is 6.42 Å². The van der Waals surface area contributed by atoms with E-state index in [-0.39, 0.29) is 43.0 Å². The molecule has 1 unspecified atom stereocenters. The number of aldehydes is 2. The van der Waals surface area contributed by atoms with Gasteiger partial charge in [0.15, 0.2) is 0 Å². The van der Waals surface area contributed by atoms with Crippen LogP contribution in [-0.2, 0) is 28.8 Å². The monoisotopic (exact) mass is 351 g/mol. The Morgan fingerprint density at radius 1 is 1.16 bits per heavy atom. The van der Waals surface area contributed by atoms with Crippen molar-refractivity contribution in [1.82, 2.24) is 5.06 Å². The number of carbonyl (C=O) groups excluding carboxylic acids is 4. The molecule has 1 atom stereocenters. The predicted molar refractivity (Wildman–Crippen MR) is 90.2 cm³/mol. The van der Waals surface area contributed by atoms with Gasteiger partial charge in [-0.15, -0.1) is 0 Å². The van der Waals surface area contributed by atoms with Crippen LogP contribution in [0.15, 0.2) is 24.3 Å². The van der Waals surface area contributed by atoms with Crippen molar-refractivity contribution < 1.29 is 28.8 Å². The van der Waals surface area contributed by atoms with Gasteiger partial charge in [0.25, 0.3) is 0 Å². The third kappa shape index (κ3) is 7.01. The summed E-state index contributed by atoms with van der Waals surface area (Å²) in [5.41, 5.74) is 0.185. The van der Waals surface area contributed by atoms with Gasteiger partial charge in [-0.2, -0.15) is 0 Å². The van der Waals surface area contributed by atoms with Crippen molar-refractivity contribution >= 4 is 24.4 Å². The molecule has 7 heteroatoms. The van der Waals surface area contributed by atoms with Gasteiger partial charge in [0.1, 0.15) is 12.6 Å². The second-order valence-corrected chi connectivity index (χ2v) is 5.90. The van der Waals surface area contributed by atoms with Crippen molar-refractivity contribution in [2.75, 3.05) is 20.8 Å². The minimum Gasteiger partial charge on any atom is -0.465 e. The first-order valence-electron chi connectivity index (χ1n) is 8.19. The van der Waals surface area contributed by atoms with Crippen LogP contribution in [-0.4, -0.2) is 50.3 Å². The Morgan fingerprint density at radius 2 is 1.76 bits per heavy atom. The Labute approximate surface area is 147 Å². The molecule has 7 nitrogen and oxygen atoms in total. The summed E-state index contributed by atoms with van der Waals surface area (Å²) in [5, 5.41) is 1.10. The molecule has 0 heterocycles. The number of rotatable bonds is 9. The normalized spacial score (nSPS) is 18.2. The van der Waals surface area contributed by atoms with E-state index in [4.69, 9.17) is 4.74 Å². The smallest absolute Gasteiger partial charge is 0.306 e. The van der Waals surface area contributed by atoms with Crippen molar-refractivity contribution in [1.29, 1.82) is 0 Å². The molecule has 25 heavy (non-hydrogen) atoms. The summed E-state index contributed by atoms with van der Waals surface area (Å²) in [6.07, 6.45) is 11.9. The first-order chi connectivity index (χ1) is 12.0. The van der Waals surface area contributed by atoms with Gasteiger partial charge in [0.05, 0.1) is 20.1 Å². The van der Waals surface area contributed by atoms with Crippen molar-refractivity contribution in [3.8, 4) is 0 Å². The summed E-state index contributed by atoms with van der Waals surface area (Å²) >= 11 is 0. The number of esters is 1. The second kappa shape index (κ2) is 10.6. The molecular formula is C18H25NO6. The molecule has 2 rings (SSSR count). The number of hydrogen-bond donors (Lipinski definition) is 0. The van der Waals surface area contributed by atoms with Crippen LogP contribution in [0.3, 0.4) is 0 Å². The van der Waals surface area contributed by atoms with Gasteiger partial charge in [0.2, 0.25) is 5.91 Å². The lowest BCUT2D eigenvalue weighted by Crippen LogP contribution is -2.24. The average Bonchev–Trinajstić information content (AvgIpc) is 3.08. The molecule has 1 fully saturated rings. The number of nitrogens with zero attached hydrogens (tertiary/aromatic N) is 1. The topological polar surface area (TPSA) is 90.0 Å². The highest BCUT2D eigenvalue weighted by molar-refractivity contribution is 5.77. The minimum atomic E-state index is -0.268. The molecule has 2 aliphatic rings. The fraction of sp³-hybridized carbons (Fsp3) is 0.556. The van der Waals surface area contributed by atoms with E-state index in [1.165, 1.54) is 14.2 Å². The van der Waals surface area contributed by atoms with E-state index in [1.54, 1.807) is 0 Å². The summed E-state index contributed by atoms with van der Waals surface area (Å²) in [6, 6.07) is 0. The van der Waals surface area contributed by atoms with E-state index in [2.05, 4.69) is 17.0 Å². The van der Waals surface area contributed by atoms with Gasteiger partial charge in [-0.1, -0.05) is 24.3 Å². The maximum absolute atomic E-state index is 11.1. The SMILES string of the molecule is CON(C)C(=O)CCC=O.O=CCCC(=O)OCC1CC12C=CC=C2. The number of ether oxygens (including phenoxy) is 1. The highest BCUT2D eigenvalue weighted by Crippen LogP contribution is 2.56. The fourth-order valence-corrected chi connectivity index (χ4v) is 2.40. The Balaban J connectivity index is 0.000000275. The number of hydroxylamine groups is 2. The standard InChI is InChI=1S/C12H14O3.C6H11NO3/c13-7-3-4-11(14)15-9-10-8-12(10)5-1-2-6-12;1-7(10-2)6(9)4-3-5-8/h1-2,5-7,10H,3-4,8-9H2;5H,3-4H2,1-2H3. The van der Waals surface area contributed by atoms with E-state index in [9.17, 15) is 19.2 Å². The molecule has 1 spiro atoms. The molecule has 0 aromatic carbocycles. The number of hydrogen-bond acceptors (Lipinski definition) is 6. The van der Waals surface area contributed by atoms with Gasteiger partial charge < -0.3 is 14.3 Å². The van der Waals surface area contributed by atoms with E-state index < -0.39 is 0 Å². The van der Waals surface area contributed by atoms with Crippen molar-refractivity contribution in [2.24, 2.45) is 11.3 Å². The summed E-state index contributed by atoms with van der Waals surface area (Å²) in [5.74, 6) is -0.0163. The zero-order valence-electron chi connectivity index (χ0n) is 14.7. The maximum atomic E-state index is 11.1. The molecule has 138 valence electrons. The van der Waals surface area contributed by atoms with E-state index in [0.717, 1.165) is 17.8 Å². The van der Waals surface area contributed by atoms with Crippen molar-refractivity contribution in [2.45, 2.75) is 32.1 Å². The molecule has 0 aromatic heterocycles. The Kier molecular flexibility index (Phi) is 8.77. The van der Waals surface area contributed by atoms with Gasteiger partial charge in [-0.25, -0.2) is 5.06 Å². The predicted octanol–water partition coefficient (Wildman–Crippen LogP) is 1.63. The molecule has 2 aliphatic carbocycles. The Hall–Kier alpha value is -2.28. The Morgan fingerprint density at radius 3 is 2.32 bits per heavy atom. The highest BCUT2D eigenvalue weighted by atomic mass is 16.7. The van der Waals surface area contributed by atoms with Gasteiger partial charge >= 0.3 is 5.97 Å². The van der Waals surface area contributed by atoms with Crippen LogP contribution in [0.4, 0.5) is 0 Å². The third-order valence-electron chi connectivity index (χ3n) is 4.14. The van der Waals surface area contributed by atoms with Crippen LogP contribution >= 0.6 is 0 Å². The molecule has 1 saturated carbocycles. The van der Waals surface area contributed by atoms with Crippen LogP contribution in [0, 0.1) is 11.3 Å². The summed E-state index contributed by atoms with van der Waals surface area (Å²) < 4.78 is 5.09. The van der Waals surface area contributed by atoms with E-state index in [0.29, 0.717) is 18.8 Å². The molecule has 0 saturated heterocycles. The van der Waals surface area contributed by atoms with E-state index in [1.807, 2.05) is 12.2 Å². The summed E-state index contributed by atoms with van der Waals surface area (Å²) in [6.45, 7) is 0.479. The first-order valence-corrected chi connectivity index (χ1v) is 8.19. The largest absolute Gasteiger partial charge is 0.465 e. The fourth-order valence-electron chi connectivity index (χ4n) is 2.40. The van der Waals surface area contributed by atoms with E-state index >= 15 is 0 Å². The van der Waals surface area contributed by atoms with Crippen LogP contribution in [0.5, 0.6) is 0 Å². The maximum Gasteiger partial charge on any atom is 0.306 e. The molecule has 1 amide bonds. The van der Waals surface area contributed by atoms with Gasteiger partial charge in [-0.3, -0.25) is 14.4 Å². The zero-order chi connectivity index (χ0) is 18.7. The molecule has 0 bridgehead atoms. The molecule has 0 N–H and O–H groups in total. The number of amides is 1. The average molecular weight is 351 g/mol. The first kappa shape index (κ1) is 20.8. The quantitative estimate of drug-likeness (QED) is 0.356. The lowest BCUT2D eigenvalue weighted by molar-refractivity contribution is -0.168. The van der Waals surface area contributed by atoms with Gasteiger partial charge in [0, 0.05) is 37.6 Å². The van der Waals surface area contributed by atoms with Crippen LogP contribution in [0.1, 0.15) is 32.1 Å². The molecule has 0 aromatic rings. The highest BCUT2D eigenvalue weighted by Gasteiger charge is 2.51. The third-order valence-corrected chi connectivity index (χ3v) is 4.14. The second-order valence-electron chi connectivity index (χ2n) is 5.90. The van der Waals surface area contributed by atoms with Crippen molar-refractivity contribution in [3.63, 3.8) is 0 Å². The summed E-state index contributed by atoms with van der Waals surface area (Å²) in [4.78, 5) is 46.3. The Bertz CT molecular complexity index is 528.